The number of benzene rings is 1. The number of nitrogens with one attached hydrogen (secondary N) is 1. The lowest BCUT2D eigenvalue weighted by molar-refractivity contribution is -0.121. The van der Waals surface area contributed by atoms with E-state index < -0.39 is 0 Å². The zero-order valence-corrected chi connectivity index (χ0v) is 13.0. The molecule has 0 aromatic heterocycles. The quantitative estimate of drug-likeness (QED) is 0.608. The van der Waals surface area contributed by atoms with E-state index in [1.165, 1.54) is 18.4 Å². The number of carbonyl (C=O) groups excluding carboxylic acids is 1. The molecule has 3 nitrogen and oxygen atoms in total. The van der Waals surface area contributed by atoms with E-state index in [4.69, 9.17) is 16.3 Å². The minimum Gasteiger partial charge on any atom is -0.494 e. The zero-order valence-electron chi connectivity index (χ0n) is 12.2. The summed E-state index contributed by atoms with van der Waals surface area (Å²) in [6.07, 6.45) is 8.28. The van der Waals surface area contributed by atoms with Gasteiger partial charge < -0.3 is 10.1 Å². The smallest absolute Gasteiger partial charge is 0.220 e. The first kappa shape index (κ1) is 15.9. The molecule has 0 fully saturated rings. The molecule has 2 rings (SSSR count). The standard InChI is InChI=1S/C17H22ClNO2/c18-15-8-10-16(11-9-15)21-12-4-7-17(20)19-13-14-5-2-1-3-6-14/h5,8-11H,1-4,6-7,12-13H2,(H,19,20). The molecule has 1 aromatic rings. The highest BCUT2D eigenvalue weighted by molar-refractivity contribution is 6.30. The van der Waals surface area contributed by atoms with Crippen LogP contribution < -0.4 is 10.1 Å². The summed E-state index contributed by atoms with van der Waals surface area (Å²) in [5.41, 5.74) is 1.37. The first-order chi connectivity index (χ1) is 10.2. The number of allylic oxidation sites excluding steroid dienone is 1. The molecule has 0 heterocycles. The topological polar surface area (TPSA) is 38.3 Å². The van der Waals surface area contributed by atoms with E-state index in [9.17, 15) is 4.79 Å². The fourth-order valence-electron chi connectivity index (χ4n) is 2.32. The van der Waals surface area contributed by atoms with Crippen LogP contribution in [0, 0.1) is 0 Å². The summed E-state index contributed by atoms with van der Waals surface area (Å²) in [5, 5.41) is 3.67. The van der Waals surface area contributed by atoms with Crippen LogP contribution in [0.1, 0.15) is 38.5 Å². The lowest BCUT2D eigenvalue weighted by atomic mass is 10.00. The number of hydrogen-bond acceptors (Lipinski definition) is 2. The number of halogens is 1. The van der Waals surface area contributed by atoms with Crippen molar-refractivity contribution < 1.29 is 9.53 Å². The van der Waals surface area contributed by atoms with Crippen molar-refractivity contribution >= 4 is 17.5 Å². The van der Waals surface area contributed by atoms with Gasteiger partial charge in [-0.05, 0) is 56.4 Å². The predicted molar refractivity (Wildman–Crippen MR) is 85.7 cm³/mol. The van der Waals surface area contributed by atoms with Gasteiger partial charge in [0, 0.05) is 18.0 Å². The monoisotopic (exact) mass is 307 g/mol. The minimum absolute atomic E-state index is 0.0983. The Morgan fingerprint density at radius 2 is 2.05 bits per heavy atom. The average molecular weight is 308 g/mol. The van der Waals surface area contributed by atoms with Gasteiger partial charge in [0.25, 0.3) is 0 Å². The maximum Gasteiger partial charge on any atom is 0.220 e. The summed E-state index contributed by atoms with van der Waals surface area (Å²) < 4.78 is 5.56. The maximum absolute atomic E-state index is 11.7. The fraction of sp³-hybridized carbons (Fsp3) is 0.471. The van der Waals surface area contributed by atoms with Gasteiger partial charge in [-0.2, -0.15) is 0 Å². The van der Waals surface area contributed by atoms with Crippen LogP contribution in [0.4, 0.5) is 0 Å². The molecule has 1 N–H and O–H groups in total. The van der Waals surface area contributed by atoms with Gasteiger partial charge >= 0.3 is 0 Å². The third-order valence-corrected chi connectivity index (χ3v) is 3.78. The SMILES string of the molecule is O=C(CCCOc1ccc(Cl)cc1)NCC1=CCCCC1. The van der Waals surface area contributed by atoms with E-state index in [2.05, 4.69) is 11.4 Å². The van der Waals surface area contributed by atoms with Crippen LogP contribution in [0.2, 0.25) is 5.02 Å². The lowest BCUT2D eigenvalue weighted by Crippen LogP contribution is -2.26. The van der Waals surface area contributed by atoms with E-state index in [1.807, 2.05) is 12.1 Å². The molecule has 0 aliphatic heterocycles. The molecule has 0 spiro atoms. The van der Waals surface area contributed by atoms with E-state index in [1.54, 1.807) is 12.1 Å². The van der Waals surface area contributed by atoms with Gasteiger partial charge in [0.2, 0.25) is 5.91 Å². The van der Waals surface area contributed by atoms with Crippen LogP contribution >= 0.6 is 11.6 Å². The van der Waals surface area contributed by atoms with Crippen LogP contribution in [0.15, 0.2) is 35.9 Å². The van der Waals surface area contributed by atoms with Crippen molar-refractivity contribution in [3.8, 4) is 5.75 Å². The summed E-state index contributed by atoms with van der Waals surface area (Å²) in [6, 6.07) is 7.25. The van der Waals surface area contributed by atoms with Gasteiger partial charge in [0.05, 0.1) is 6.61 Å². The largest absolute Gasteiger partial charge is 0.494 e. The summed E-state index contributed by atoms with van der Waals surface area (Å²) in [6.45, 7) is 1.24. The van der Waals surface area contributed by atoms with Crippen molar-refractivity contribution in [1.29, 1.82) is 0 Å². The van der Waals surface area contributed by atoms with Gasteiger partial charge in [-0.15, -0.1) is 0 Å². The van der Waals surface area contributed by atoms with Crippen LogP contribution in [-0.4, -0.2) is 19.1 Å². The molecule has 0 bridgehead atoms. The Kier molecular flexibility index (Phi) is 6.61. The summed E-state index contributed by atoms with van der Waals surface area (Å²) in [5.74, 6) is 0.883. The molecule has 0 saturated carbocycles. The highest BCUT2D eigenvalue weighted by Crippen LogP contribution is 2.17. The van der Waals surface area contributed by atoms with Crippen molar-refractivity contribution in [2.24, 2.45) is 0 Å². The van der Waals surface area contributed by atoms with Gasteiger partial charge in [0.1, 0.15) is 5.75 Å². The number of amides is 1. The van der Waals surface area contributed by atoms with Crippen LogP contribution in [0.3, 0.4) is 0 Å². The number of rotatable bonds is 7. The average Bonchev–Trinajstić information content (AvgIpc) is 2.52. The summed E-state index contributed by atoms with van der Waals surface area (Å²) in [4.78, 5) is 11.7. The summed E-state index contributed by atoms with van der Waals surface area (Å²) >= 11 is 5.80. The first-order valence-corrected chi connectivity index (χ1v) is 7.95. The molecule has 1 amide bonds. The van der Waals surface area contributed by atoms with Gasteiger partial charge in [-0.1, -0.05) is 23.3 Å². The van der Waals surface area contributed by atoms with E-state index in [0.717, 1.165) is 18.6 Å². The Hall–Kier alpha value is -1.48. The second kappa shape index (κ2) is 8.73. The third kappa shape index (κ3) is 6.21. The highest BCUT2D eigenvalue weighted by Gasteiger charge is 2.06. The Bertz CT molecular complexity index is 482. The molecule has 0 atom stereocenters. The maximum atomic E-state index is 11.7. The molecular weight excluding hydrogens is 286 g/mol. The first-order valence-electron chi connectivity index (χ1n) is 7.57. The van der Waals surface area contributed by atoms with Crippen molar-refractivity contribution in [2.45, 2.75) is 38.5 Å². The van der Waals surface area contributed by atoms with Crippen LogP contribution in [-0.2, 0) is 4.79 Å². The molecule has 0 radical (unpaired) electrons. The van der Waals surface area contributed by atoms with E-state index >= 15 is 0 Å². The molecule has 1 aromatic carbocycles. The normalized spacial score (nSPS) is 14.4. The molecule has 1 aliphatic rings. The van der Waals surface area contributed by atoms with Crippen LogP contribution in [0.5, 0.6) is 5.75 Å². The third-order valence-electron chi connectivity index (χ3n) is 3.53. The van der Waals surface area contributed by atoms with E-state index in [0.29, 0.717) is 31.0 Å². The predicted octanol–water partition coefficient (Wildman–Crippen LogP) is 4.12. The molecule has 0 saturated heterocycles. The van der Waals surface area contributed by atoms with Gasteiger partial charge in [-0.3, -0.25) is 4.79 Å². The summed E-state index contributed by atoms with van der Waals surface area (Å²) in [7, 11) is 0. The second-order valence-corrected chi connectivity index (χ2v) is 5.73. The Balaban J connectivity index is 1.56. The Labute approximate surface area is 131 Å². The molecule has 1 aliphatic carbocycles. The minimum atomic E-state index is 0.0983. The zero-order chi connectivity index (χ0) is 14.9. The Morgan fingerprint density at radius 3 is 2.76 bits per heavy atom. The second-order valence-electron chi connectivity index (χ2n) is 5.29. The van der Waals surface area contributed by atoms with Crippen molar-refractivity contribution in [2.75, 3.05) is 13.2 Å². The van der Waals surface area contributed by atoms with Gasteiger partial charge in [-0.25, -0.2) is 0 Å². The van der Waals surface area contributed by atoms with Crippen LogP contribution in [0.25, 0.3) is 0 Å². The van der Waals surface area contributed by atoms with Crippen molar-refractivity contribution in [3.05, 3.63) is 40.9 Å². The molecule has 114 valence electrons. The van der Waals surface area contributed by atoms with Gasteiger partial charge in [0.15, 0.2) is 0 Å². The molecular formula is C17H22ClNO2. The Morgan fingerprint density at radius 1 is 1.24 bits per heavy atom. The fourth-order valence-corrected chi connectivity index (χ4v) is 2.45. The number of ether oxygens (including phenoxy) is 1. The van der Waals surface area contributed by atoms with E-state index in [-0.39, 0.29) is 5.91 Å². The van der Waals surface area contributed by atoms with Crippen molar-refractivity contribution in [1.82, 2.24) is 5.32 Å². The molecule has 0 unspecified atom stereocenters. The lowest BCUT2D eigenvalue weighted by Gasteiger charge is -2.13. The molecule has 21 heavy (non-hydrogen) atoms. The van der Waals surface area contributed by atoms with Crippen molar-refractivity contribution in [3.63, 3.8) is 0 Å². The number of hydrogen-bond donors (Lipinski definition) is 1. The number of carbonyl (C=O) groups is 1. The highest BCUT2D eigenvalue weighted by atomic mass is 35.5. The molecule has 4 heteroatoms.